The highest BCUT2D eigenvalue weighted by Crippen LogP contribution is 2.49. The minimum atomic E-state index is -0.297. The molecule has 2 nitrogen and oxygen atoms in total. The molecule has 0 fully saturated rings. The van der Waals surface area contributed by atoms with Gasteiger partial charge in [-0.1, -0.05) is 83.1 Å². The van der Waals surface area contributed by atoms with Crippen LogP contribution in [0.2, 0.25) is 0 Å². The van der Waals surface area contributed by atoms with Gasteiger partial charge in [0, 0.05) is 0 Å². The summed E-state index contributed by atoms with van der Waals surface area (Å²) in [4.78, 5) is 12.0. The predicted octanol–water partition coefficient (Wildman–Crippen LogP) is 6.64. The molecule has 22 heavy (non-hydrogen) atoms. The zero-order chi connectivity index (χ0) is 18.0. The summed E-state index contributed by atoms with van der Waals surface area (Å²) in [6, 6.07) is 0. The third-order valence-corrected chi connectivity index (χ3v) is 3.71. The van der Waals surface area contributed by atoms with Crippen molar-refractivity contribution >= 4 is 0 Å². The molecule has 0 aliphatic rings. The Kier molecular flexibility index (Phi) is 6.78. The summed E-state index contributed by atoms with van der Waals surface area (Å²) in [5, 5.41) is 0. The first-order chi connectivity index (χ1) is 9.37. The van der Waals surface area contributed by atoms with E-state index in [1.807, 2.05) is 0 Å². The molecule has 0 amide bonds. The van der Waals surface area contributed by atoms with Crippen molar-refractivity contribution in [3.8, 4) is 0 Å². The van der Waals surface area contributed by atoms with Gasteiger partial charge in [-0.2, -0.15) is 0 Å². The van der Waals surface area contributed by atoms with Gasteiger partial charge in [0.15, 0.2) is 0 Å². The van der Waals surface area contributed by atoms with E-state index in [0.29, 0.717) is 6.61 Å². The van der Waals surface area contributed by atoms with Crippen molar-refractivity contribution < 1.29 is 9.78 Å². The van der Waals surface area contributed by atoms with Gasteiger partial charge in [0.05, 0.1) is 6.61 Å². The Hall–Kier alpha value is -0.0800. The molecule has 0 aliphatic carbocycles. The van der Waals surface area contributed by atoms with Gasteiger partial charge in [-0.3, -0.25) is 0 Å². The first-order valence-corrected chi connectivity index (χ1v) is 8.68. The molecule has 0 unspecified atom stereocenters. The molecule has 0 rings (SSSR count). The molecule has 0 bridgehead atoms. The van der Waals surface area contributed by atoms with Crippen LogP contribution in [-0.4, -0.2) is 12.2 Å². The van der Waals surface area contributed by atoms with Crippen LogP contribution < -0.4 is 0 Å². The summed E-state index contributed by atoms with van der Waals surface area (Å²) < 4.78 is 0. The highest BCUT2D eigenvalue weighted by molar-refractivity contribution is 4.97. The van der Waals surface area contributed by atoms with Crippen molar-refractivity contribution in [1.82, 2.24) is 0 Å². The van der Waals surface area contributed by atoms with E-state index in [1.54, 1.807) is 0 Å². The zero-order valence-electron chi connectivity index (χ0n) is 17.4. The maximum absolute atomic E-state index is 6.22. The highest BCUT2D eigenvalue weighted by Gasteiger charge is 2.49. The van der Waals surface area contributed by atoms with Crippen LogP contribution in [0.15, 0.2) is 0 Å². The Labute approximate surface area is 140 Å². The van der Waals surface area contributed by atoms with E-state index in [4.69, 9.17) is 9.78 Å². The van der Waals surface area contributed by atoms with E-state index in [9.17, 15) is 0 Å². The van der Waals surface area contributed by atoms with E-state index in [2.05, 4.69) is 83.1 Å². The summed E-state index contributed by atoms with van der Waals surface area (Å²) >= 11 is 0. The minimum Gasteiger partial charge on any atom is -0.236 e. The lowest BCUT2D eigenvalue weighted by Gasteiger charge is -2.49. The molecule has 0 aromatic carbocycles. The lowest BCUT2D eigenvalue weighted by Crippen LogP contribution is -2.50. The monoisotopic (exact) mass is 314 g/mol. The molecule has 0 saturated heterocycles. The Morgan fingerprint density at radius 1 is 0.545 bits per heavy atom. The van der Waals surface area contributed by atoms with E-state index in [-0.39, 0.29) is 27.3 Å². The second-order valence-corrected chi connectivity index (χ2v) is 11.6. The average Bonchev–Trinajstić information content (AvgIpc) is 2.06. The second-order valence-electron chi connectivity index (χ2n) is 11.6. The fourth-order valence-corrected chi connectivity index (χ4v) is 2.81. The topological polar surface area (TPSA) is 18.5 Å². The molecule has 0 aromatic rings. The van der Waals surface area contributed by atoms with Crippen LogP contribution in [0.1, 0.15) is 95.9 Å². The van der Waals surface area contributed by atoms with Gasteiger partial charge in [-0.25, -0.2) is 9.78 Å². The van der Waals surface area contributed by atoms with Crippen molar-refractivity contribution in [2.24, 2.45) is 21.7 Å². The zero-order valence-corrected chi connectivity index (χ0v) is 17.4. The third-order valence-electron chi connectivity index (χ3n) is 3.71. The Balaban J connectivity index is 5.47. The molecule has 0 aliphatic heterocycles. The van der Waals surface area contributed by atoms with Gasteiger partial charge in [-0.05, 0) is 34.5 Å². The predicted molar refractivity (Wildman–Crippen MR) is 96.8 cm³/mol. The third kappa shape index (κ3) is 8.53. The molecule has 134 valence electrons. The van der Waals surface area contributed by atoms with Crippen molar-refractivity contribution in [1.29, 1.82) is 0 Å². The Morgan fingerprint density at radius 3 is 1.14 bits per heavy atom. The lowest BCUT2D eigenvalue weighted by atomic mass is 9.63. The fourth-order valence-electron chi connectivity index (χ4n) is 2.81. The molecular weight excluding hydrogens is 272 g/mol. The van der Waals surface area contributed by atoms with Crippen molar-refractivity contribution in [3.05, 3.63) is 0 Å². The lowest BCUT2D eigenvalue weighted by molar-refractivity contribution is -0.401. The quantitative estimate of drug-likeness (QED) is 0.418. The van der Waals surface area contributed by atoms with Gasteiger partial charge in [0.1, 0.15) is 5.60 Å². The normalized spacial score (nSPS) is 15.3. The summed E-state index contributed by atoms with van der Waals surface area (Å²) in [6.07, 6.45) is 1.95. The molecule has 0 aromatic heterocycles. The molecular formula is C20H42O2. The van der Waals surface area contributed by atoms with Crippen molar-refractivity contribution in [2.45, 2.75) is 102 Å². The SMILES string of the molecule is CC(C)(C)COOC(CC(C)(C)C)(CC(C)(C)C)C(C)(C)C. The summed E-state index contributed by atoms with van der Waals surface area (Å²) in [5.41, 5.74) is 0.181. The molecule has 0 radical (unpaired) electrons. The number of rotatable bonds is 5. The summed E-state index contributed by atoms with van der Waals surface area (Å²) in [7, 11) is 0. The van der Waals surface area contributed by atoms with Gasteiger partial charge in [0.25, 0.3) is 0 Å². The Morgan fingerprint density at radius 2 is 0.909 bits per heavy atom. The van der Waals surface area contributed by atoms with Crippen molar-refractivity contribution in [2.75, 3.05) is 6.61 Å². The van der Waals surface area contributed by atoms with Crippen LogP contribution in [0, 0.1) is 21.7 Å². The van der Waals surface area contributed by atoms with E-state index in [0.717, 1.165) is 12.8 Å². The van der Waals surface area contributed by atoms with Crippen LogP contribution in [0.4, 0.5) is 0 Å². The van der Waals surface area contributed by atoms with Crippen LogP contribution in [0.25, 0.3) is 0 Å². The van der Waals surface area contributed by atoms with E-state index < -0.39 is 0 Å². The van der Waals surface area contributed by atoms with Gasteiger partial charge >= 0.3 is 0 Å². The molecule has 2 heteroatoms. The Bertz CT molecular complexity index is 313. The number of hydrogen-bond donors (Lipinski definition) is 0. The van der Waals surface area contributed by atoms with Crippen LogP contribution in [0.3, 0.4) is 0 Å². The van der Waals surface area contributed by atoms with E-state index in [1.165, 1.54) is 0 Å². The molecule has 0 atom stereocenters. The van der Waals surface area contributed by atoms with Gasteiger partial charge in [0.2, 0.25) is 0 Å². The maximum atomic E-state index is 6.22. The van der Waals surface area contributed by atoms with Crippen LogP contribution >= 0.6 is 0 Å². The fraction of sp³-hybridized carbons (Fsp3) is 1.00. The maximum Gasteiger partial charge on any atom is 0.109 e. The van der Waals surface area contributed by atoms with Gasteiger partial charge in [-0.15, -0.1) is 0 Å². The standard InChI is InChI=1S/C20H42O2/c1-16(2,3)13-20(19(10,11)12,14-17(4,5)6)22-21-15-18(7,8)9/h13-15H2,1-12H3. The van der Waals surface area contributed by atoms with Crippen molar-refractivity contribution in [3.63, 3.8) is 0 Å². The molecule has 0 heterocycles. The highest BCUT2D eigenvalue weighted by atomic mass is 17.2. The average molecular weight is 315 g/mol. The number of hydrogen-bond acceptors (Lipinski definition) is 2. The van der Waals surface area contributed by atoms with Crippen LogP contribution in [0.5, 0.6) is 0 Å². The minimum absolute atomic E-state index is 0.00540. The second kappa shape index (κ2) is 6.81. The smallest absolute Gasteiger partial charge is 0.109 e. The molecule has 0 spiro atoms. The molecule has 0 N–H and O–H groups in total. The largest absolute Gasteiger partial charge is 0.236 e. The molecule has 0 saturated carbocycles. The summed E-state index contributed by atoms with van der Waals surface area (Å²) in [5.74, 6) is 0. The van der Waals surface area contributed by atoms with Crippen LogP contribution in [-0.2, 0) is 9.78 Å². The first kappa shape index (κ1) is 21.9. The van der Waals surface area contributed by atoms with Gasteiger partial charge < -0.3 is 0 Å². The van der Waals surface area contributed by atoms with E-state index >= 15 is 0 Å². The first-order valence-electron chi connectivity index (χ1n) is 8.68. The summed E-state index contributed by atoms with van der Waals surface area (Å²) in [6.45, 7) is 27.6.